The third-order valence-electron chi connectivity index (χ3n) is 6.81. The van der Waals surface area contributed by atoms with Gasteiger partial charge in [0.2, 0.25) is 5.91 Å². The number of imidazole rings is 1. The molecule has 8 heteroatoms. The molecule has 3 amide bonds. The molecule has 0 atom stereocenters. The second-order valence-corrected chi connectivity index (χ2v) is 8.98. The molecule has 0 radical (unpaired) electrons. The van der Waals surface area contributed by atoms with E-state index >= 15 is 0 Å². The van der Waals surface area contributed by atoms with Gasteiger partial charge in [-0.25, -0.2) is 4.98 Å². The van der Waals surface area contributed by atoms with E-state index in [2.05, 4.69) is 4.98 Å². The number of carbonyl (C=O) groups is 3. The van der Waals surface area contributed by atoms with Gasteiger partial charge in [-0.1, -0.05) is 31.4 Å². The maximum absolute atomic E-state index is 13.1. The quantitative estimate of drug-likeness (QED) is 0.522. The topological polar surface area (TPSA) is 84.2 Å². The zero-order valence-electron chi connectivity index (χ0n) is 19.5. The molecule has 0 spiro atoms. The molecular formula is C26H28N4O4. The van der Waals surface area contributed by atoms with Crippen molar-refractivity contribution in [2.24, 2.45) is 5.92 Å². The molecule has 0 saturated heterocycles. The number of hydrogen-bond donors (Lipinski definition) is 0. The van der Waals surface area contributed by atoms with Crippen LogP contribution in [0.25, 0.3) is 5.65 Å². The van der Waals surface area contributed by atoms with Crippen LogP contribution in [0, 0.1) is 12.8 Å². The van der Waals surface area contributed by atoms with E-state index in [1.807, 2.05) is 30.6 Å². The van der Waals surface area contributed by atoms with Gasteiger partial charge in [0.1, 0.15) is 12.4 Å². The van der Waals surface area contributed by atoms with Crippen LogP contribution in [0.1, 0.15) is 58.5 Å². The maximum atomic E-state index is 13.1. The van der Waals surface area contributed by atoms with Gasteiger partial charge in [-0.2, -0.15) is 0 Å². The summed E-state index contributed by atoms with van der Waals surface area (Å²) in [4.78, 5) is 45.9. The van der Waals surface area contributed by atoms with E-state index in [-0.39, 0.29) is 36.8 Å². The number of anilines is 1. The number of aromatic nitrogens is 2. The first-order chi connectivity index (χ1) is 16.5. The van der Waals surface area contributed by atoms with E-state index in [0.717, 1.165) is 37.2 Å². The second-order valence-electron chi connectivity index (χ2n) is 8.98. The van der Waals surface area contributed by atoms with Crippen LogP contribution in [0.15, 0.2) is 42.6 Å². The first-order valence-electron chi connectivity index (χ1n) is 11.8. The molecule has 0 unspecified atom stereocenters. The highest BCUT2D eigenvalue weighted by Gasteiger charge is 2.35. The van der Waals surface area contributed by atoms with Crippen molar-refractivity contribution in [2.75, 3.05) is 25.1 Å². The summed E-state index contributed by atoms with van der Waals surface area (Å²) in [6.45, 7) is 2.17. The Morgan fingerprint density at radius 2 is 1.74 bits per heavy atom. The minimum absolute atomic E-state index is 0.0581. The smallest absolute Gasteiger partial charge is 0.261 e. The minimum atomic E-state index is -0.302. The summed E-state index contributed by atoms with van der Waals surface area (Å²) < 4.78 is 7.84. The van der Waals surface area contributed by atoms with Crippen molar-refractivity contribution in [3.05, 3.63) is 59.4 Å². The van der Waals surface area contributed by atoms with E-state index in [1.54, 1.807) is 35.2 Å². The Labute approximate surface area is 198 Å². The molecule has 2 aliphatic rings. The molecule has 1 aliphatic carbocycles. The zero-order chi connectivity index (χ0) is 23.8. The van der Waals surface area contributed by atoms with Gasteiger partial charge in [0.05, 0.1) is 23.4 Å². The molecule has 34 heavy (non-hydrogen) atoms. The molecule has 1 saturated carbocycles. The van der Waals surface area contributed by atoms with Gasteiger partial charge in [-0.05, 0) is 44.0 Å². The molecule has 1 fully saturated rings. The van der Waals surface area contributed by atoms with Crippen LogP contribution in [0.4, 0.5) is 5.82 Å². The van der Waals surface area contributed by atoms with Crippen LogP contribution in [0.5, 0.6) is 5.75 Å². The number of nitrogens with zero attached hydrogens (tertiary/aromatic N) is 4. The van der Waals surface area contributed by atoms with Gasteiger partial charge in [-0.3, -0.25) is 28.6 Å². The van der Waals surface area contributed by atoms with E-state index in [0.29, 0.717) is 22.5 Å². The number of carbonyl (C=O) groups excluding carboxylic acids is 3. The molecule has 176 valence electrons. The number of rotatable bonds is 6. The zero-order valence-corrected chi connectivity index (χ0v) is 19.5. The van der Waals surface area contributed by atoms with Gasteiger partial charge in [-0.15, -0.1) is 0 Å². The SMILES string of the molecule is Cc1nc2c(OCCN3C(=O)c4ccccc4C3=O)cccn2c1N(C)C(=O)C1CCCCC1. The lowest BCUT2D eigenvalue weighted by molar-refractivity contribution is -0.123. The summed E-state index contributed by atoms with van der Waals surface area (Å²) >= 11 is 0. The lowest BCUT2D eigenvalue weighted by atomic mass is 9.88. The van der Waals surface area contributed by atoms with Crippen molar-refractivity contribution in [1.29, 1.82) is 0 Å². The molecule has 3 heterocycles. The van der Waals surface area contributed by atoms with E-state index in [1.165, 1.54) is 11.3 Å². The number of ether oxygens (including phenoxy) is 1. The number of amides is 3. The van der Waals surface area contributed by atoms with E-state index in [9.17, 15) is 14.4 Å². The highest BCUT2D eigenvalue weighted by Crippen LogP contribution is 2.31. The highest BCUT2D eigenvalue weighted by molar-refractivity contribution is 6.21. The summed E-state index contributed by atoms with van der Waals surface area (Å²) in [7, 11) is 1.81. The number of aryl methyl sites for hydroxylation is 1. The summed E-state index contributed by atoms with van der Waals surface area (Å²) in [6.07, 6.45) is 7.13. The van der Waals surface area contributed by atoms with Crippen LogP contribution < -0.4 is 9.64 Å². The number of hydrogen-bond acceptors (Lipinski definition) is 5. The van der Waals surface area contributed by atoms with Crippen LogP contribution >= 0.6 is 0 Å². The summed E-state index contributed by atoms with van der Waals surface area (Å²) in [6, 6.07) is 10.5. The fraction of sp³-hybridized carbons (Fsp3) is 0.385. The summed E-state index contributed by atoms with van der Waals surface area (Å²) in [5.41, 5.74) is 2.19. The molecule has 5 rings (SSSR count). The summed E-state index contributed by atoms with van der Waals surface area (Å²) in [5, 5.41) is 0. The van der Waals surface area contributed by atoms with Gasteiger partial charge in [0, 0.05) is 19.2 Å². The standard InChI is InChI=1S/C26H28N4O4/c1-17-23(28(2)24(31)18-9-4-3-5-10-18)29-14-8-13-21(22(29)27-17)34-16-15-30-25(32)19-11-6-7-12-20(19)26(30)33/h6-8,11-14,18H,3-5,9-10,15-16H2,1-2H3. The lowest BCUT2D eigenvalue weighted by Crippen LogP contribution is -2.35. The number of imide groups is 1. The normalized spacial score (nSPS) is 16.2. The van der Waals surface area contributed by atoms with Crippen molar-refractivity contribution in [3.63, 3.8) is 0 Å². The van der Waals surface area contributed by atoms with Gasteiger partial charge in [0.25, 0.3) is 11.8 Å². The first kappa shape index (κ1) is 22.1. The Hall–Kier alpha value is -3.68. The Morgan fingerprint density at radius 1 is 1.06 bits per heavy atom. The third kappa shape index (κ3) is 3.73. The van der Waals surface area contributed by atoms with Crippen molar-refractivity contribution in [2.45, 2.75) is 39.0 Å². The molecule has 1 aromatic carbocycles. The van der Waals surface area contributed by atoms with Crippen molar-refractivity contribution in [1.82, 2.24) is 14.3 Å². The molecule has 0 bridgehead atoms. The average molecular weight is 461 g/mol. The predicted octanol–water partition coefficient (Wildman–Crippen LogP) is 3.86. The minimum Gasteiger partial charge on any atom is -0.488 e. The Kier molecular flexibility index (Phi) is 5.81. The van der Waals surface area contributed by atoms with Gasteiger partial charge < -0.3 is 4.74 Å². The Bertz CT molecular complexity index is 1240. The van der Waals surface area contributed by atoms with Crippen LogP contribution in [0.3, 0.4) is 0 Å². The third-order valence-corrected chi connectivity index (χ3v) is 6.81. The largest absolute Gasteiger partial charge is 0.488 e. The molecular weight excluding hydrogens is 432 g/mol. The monoisotopic (exact) mass is 460 g/mol. The summed E-state index contributed by atoms with van der Waals surface area (Å²) in [5.74, 6) is 0.848. The Morgan fingerprint density at radius 3 is 2.41 bits per heavy atom. The van der Waals surface area contributed by atoms with Crippen molar-refractivity contribution < 1.29 is 19.1 Å². The fourth-order valence-corrected chi connectivity index (χ4v) is 5.08. The van der Waals surface area contributed by atoms with Crippen molar-refractivity contribution in [3.8, 4) is 5.75 Å². The van der Waals surface area contributed by atoms with Gasteiger partial charge in [0.15, 0.2) is 11.4 Å². The molecule has 8 nitrogen and oxygen atoms in total. The van der Waals surface area contributed by atoms with Gasteiger partial charge >= 0.3 is 0 Å². The van der Waals surface area contributed by atoms with E-state index < -0.39 is 0 Å². The number of fused-ring (bicyclic) bond motifs is 2. The highest BCUT2D eigenvalue weighted by atomic mass is 16.5. The average Bonchev–Trinajstić information content (AvgIpc) is 3.33. The van der Waals surface area contributed by atoms with Crippen molar-refractivity contribution >= 4 is 29.2 Å². The van der Waals surface area contributed by atoms with Crippen LogP contribution in [-0.4, -0.2) is 52.2 Å². The van der Waals surface area contributed by atoms with Crippen LogP contribution in [-0.2, 0) is 4.79 Å². The second kappa shape index (κ2) is 8.93. The predicted molar refractivity (Wildman–Crippen MR) is 127 cm³/mol. The first-order valence-corrected chi connectivity index (χ1v) is 11.8. The fourth-order valence-electron chi connectivity index (χ4n) is 5.08. The lowest BCUT2D eigenvalue weighted by Gasteiger charge is -2.26. The Balaban J connectivity index is 1.32. The molecule has 1 aliphatic heterocycles. The molecule has 2 aromatic heterocycles. The van der Waals surface area contributed by atoms with Crippen LogP contribution in [0.2, 0.25) is 0 Å². The molecule has 0 N–H and O–H groups in total. The molecule has 3 aromatic rings. The number of pyridine rings is 1. The maximum Gasteiger partial charge on any atom is 0.261 e. The van der Waals surface area contributed by atoms with E-state index in [4.69, 9.17) is 4.74 Å². The number of benzene rings is 1.